The average Bonchev–Trinajstić information content (AvgIpc) is 2.95. The van der Waals surface area contributed by atoms with E-state index in [-0.39, 0.29) is 28.0 Å². The van der Waals surface area contributed by atoms with Crippen LogP contribution in [0.1, 0.15) is 48.4 Å². The number of carbonyl (C=O) groups excluding carboxylic acids is 1. The molecule has 0 amide bonds. The number of hydrogen-bond acceptors (Lipinski definition) is 7. The number of unbranched alkanes of at least 4 members (excludes halogenated alkanes) is 1. The fraction of sp³-hybridized carbons (Fsp3) is 0.276. The highest BCUT2D eigenvalue weighted by Gasteiger charge is 2.49. The number of aromatic nitrogens is 2. The van der Waals surface area contributed by atoms with Crippen molar-refractivity contribution in [3.63, 3.8) is 0 Å². The molecule has 0 aliphatic heterocycles. The van der Waals surface area contributed by atoms with Crippen LogP contribution in [0.4, 0.5) is 39.5 Å². The zero-order valence-corrected chi connectivity index (χ0v) is 24.7. The Morgan fingerprint density at radius 3 is 1.76 bits per heavy atom. The number of halogens is 9. The molecule has 0 saturated carbocycles. The number of para-hydroxylation sites is 2. The minimum Gasteiger partial charge on any atom is -0.502 e. The zero-order valence-electron chi connectivity index (χ0n) is 23.9. The van der Waals surface area contributed by atoms with E-state index >= 15 is 0 Å². The summed E-state index contributed by atoms with van der Waals surface area (Å²) >= 11 is 0. The van der Waals surface area contributed by atoms with Crippen molar-refractivity contribution in [3.05, 3.63) is 90.5 Å². The van der Waals surface area contributed by atoms with Gasteiger partial charge in [-0.2, -0.15) is 47.9 Å². The minimum absolute atomic E-state index is 0.0444. The number of Topliss-reactive ketones (excluding diaryl/α,β-unsaturated/α-hetero) is 1. The molecule has 0 fully saturated rings. The third kappa shape index (κ3) is 10.3. The van der Waals surface area contributed by atoms with E-state index in [0.29, 0.717) is 5.39 Å². The topological polar surface area (TPSA) is 95.5 Å². The Morgan fingerprint density at radius 2 is 1.30 bits per heavy atom. The summed E-state index contributed by atoms with van der Waals surface area (Å²) < 4.78 is 143. The number of benzene rings is 2. The number of rotatable bonds is 7. The fourth-order valence-electron chi connectivity index (χ4n) is 3.45. The Balaban J connectivity index is 0.000000271. The van der Waals surface area contributed by atoms with Crippen molar-refractivity contribution in [1.82, 2.24) is 9.97 Å². The highest BCUT2D eigenvalue weighted by atomic mass is 32.2. The first-order chi connectivity index (χ1) is 21.2. The molecule has 0 bridgehead atoms. The van der Waals surface area contributed by atoms with Gasteiger partial charge >= 0.3 is 28.0 Å². The third-order valence-electron chi connectivity index (χ3n) is 5.57. The molecule has 2 heterocycles. The molecule has 0 unspecified atom stereocenters. The third-order valence-corrected chi connectivity index (χ3v) is 6.54. The normalized spacial score (nSPS) is 12.0. The van der Waals surface area contributed by atoms with Crippen LogP contribution in [0.25, 0.3) is 21.8 Å². The van der Waals surface area contributed by atoms with Crippen molar-refractivity contribution in [2.24, 2.45) is 0 Å². The molecule has 0 atom stereocenters. The van der Waals surface area contributed by atoms with Crippen LogP contribution < -0.4 is 4.18 Å². The van der Waals surface area contributed by atoms with E-state index in [4.69, 9.17) is 4.74 Å². The van der Waals surface area contributed by atoms with Gasteiger partial charge in [0, 0.05) is 22.4 Å². The van der Waals surface area contributed by atoms with Gasteiger partial charge in [0.25, 0.3) is 0 Å². The minimum atomic E-state index is -6.10. The van der Waals surface area contributed by atoms with Gasteiger partial charge in [0.15, 0.2) is 11.5 Å². The molecule has 0 spiro atoms. The van der Waals surface area contributed by atoms with Crippen molar-refractivity contribution in [2.45, 2.75) is 44.6 Å². The van der Waals surface area contributed by atoms with E-state index in [1.165, 1.54) is 37.8 Å². The van der Waals surface area contributed by atoms with Crippen molar-refractivity contribution in [3.8, 4) is 5.75 Å². The summed E-state index contributed by atoms with van der Waals surface area (Å²) in [5, 5.41) is 0.135. The summed E-state index contributed by atoms with van der Waals surface area (Å²) in [4.78, 5) is 18.1. The summed E-state index contributed by atoms with van der Waals surface area (Å²) in [6.07, 6.45) is -5.73. The molecule has 0 saturated heterocycles. The van der Waals surface area contributed by atoms with Crippen molar-refractivity contribution in [2.75, 3.05) is 6.61 Å². The Morgan fingerprint density at radius 1 is 0.826 bits per heavy atom. The van der Waals surface area contributed by atoms with Crippen molar-refractivity contribution >= 4 is 37.7 Å². The number of nitrogens with zero attached hydrogens (tertiary/aromatic N) is 2. The molecular formula is C29H25F9N2O5S. The number of ether oxygens (including phenoxy) is 1. The van der Waals surface area contributed by atoms with E-state index in [9.17, 15) is 52.7 Å². The number of hydrogen-bond donors (Lipinski definition) is 0. The number of fused-ring (bicyclic) bond motifs is 2. The smallest absolute Gasteiger partial charge is 0.502 e. The van der Waals surface area contributed by atoms with Gasteiger partial charge in [-0.15, -0.1) is 0 Å². The van der Waals surface area contributed by atoms with Gasteiger partial charge < -0.3 is 8.92 Å². The first kappa shape index (κ1) is 37.8. The Hall–Kier alpha value is -4.41. The van der Waals surface area contributed by atoms with Crippen LogP contribution in [-0.2, 0) is 27.2 Å². The van der Waals surface area contributed by atoms with Crippen molar-refractivity contribution in [1.29, 1.82) is 0 Å². The first-order valence-electron chi connectivity index (χ1n) is 12.9. The molecule has 0 N–H and O–H groups in total. The van der Waals surface area contributed by atoms with Gasteiger partial charge in [0.05, 0.1) is 23.9 Å². The largest absolute Gasteiger partial charge is 0.534 e. The molecule has 0 aliphatic rings. The number of carbonyl (C=O) groups is 1. The quantitative estimate of drug-likeness (QED) is 0.0479. The number of ketones is 1. The van der Waals surface area contributed by atoms with Crippen LogP contribution in [0.3, 0.4) is 0 Å². The molecule has 0 aliphatic carbocycles. The van der Waals surface area contributed by atoms with Gasteiger partial charge in [-0.05, 0) is 37.6 Å². The molecule has 46 heavy (non-hydrogen) atoms. The first-order valence-corrected chi connectivity index (χ1v) is 14.3. The molecule has 250 valence electrons. The van der Waals surface area contributed by atoms with Crippen LogP contribution in [0.2, 0.25) is 0 Å². The maximum Gasteiger partial charge on any atom is 0.534 e. The summed E-state index contributed by atoms with van der Waals surface area (Å²) in [6.45, 7) is 7.60. The lowest BCUT2D eigenvalue weighted by molar-refractivity contribution is -0.141. The lowest BCUT2D eigenvalue weighted by Crippen LogP contribution is -2.28. The summed E-state index contributed by atoms with van der Waals surface area (Å²) in [5.41, 5.74) is -8.52. The second-order valence-electron chi connectivity index (χ2n) is 9.02. The lowest BCUT2D eigenvalue weighted by Gasteiger charge is -2.13. The van der Waals surface area contributed by atoms with Crippen molar-refractivity contribution < 1.29 is 61.6 Å². The number of pyridine rings is 2. The summed E-state index contributed by atoms with van der Waals surface area (Å²) in [5.74, 6) is -1.51. The van der Waals surface area contributed by atoms with Crippen LogP contribution in [0, 0.1) is 0 Å². The predicted octanol–water partition coefficient (Wildman–Crippen LogP) is 8.88. The molecule has 2 aromatic carbocycles. The second-order valence-corrected chi connectivity index (χ2v) is 10.6. The average molecular weight is 685 g/mol. The van der Waals surface area contributed by atoms with Gasteiger partial charge in [-0.3, -0.25) is 4.79 Å². The van der Waals surface area contributed by atoms with Gasteiger partial charge in [-0.1, -0.05) is 50.3 Å². The van der Waals surface area contributed by atoms with Crippen LogP contribution in [0.5, 0.6) is 5.75 Å². The highest BCUT2D eigenvalue weighted by molar-refractivity contribution is 7.88. The van der Waals surface area contributed by atoms with E-state index in [1.807, 2.05) is 0 Å². The van der Waals surface area contributed by atoms with E-state index < -0.39 is 50.9 Å². The van der Waals surface area contributed by atoms with Crippen LogP contribution in [-0.4, -0.2) is 36.3 Å². The van der Waals surface area contributed by atoms with Crippen LogP contribution >= 0.6 is 0 Å². The van der Waals surface area contributed by atoms with Gasteiger partial charge in [-0.25, -0.2) is 9.97 Å². The van der Waals surface area contributed by atoms with E-state index in [0.717, 1.165) is 31.2 Å². The maximum atomic E-state index is 12.7. The molecule has 0 radical (unpaired) electrons. The standard InChI is InChI=1S/C12H8F3NO.C11H5F6NO3S.C6H12O/c1-7(17)9-6-11(12(13,14)15)16-10-5-3-2-4-8(9)10;12-10(13,14)9-5-8(21-22(19,20)11(15,16)17)6-3-1-2-4-7(6)18-9;1-3-5-6-7-4-2/h2-6H,1H3;1-5H;4H,2-3,5-6H2,1H3. The highest BCUT2D eigenvalue weighted by Crippen LogP contribution is 2.36. The fourth-order valence-corrected chi connectivity index (χ4v) is 3.91. The second kappa shape index (κ2) is 15.2. The Labute approximate surface area is 256 Å². The molecule has 7 nitrogen and oxygen atoms in total. The monoisotopic (exact) mass is 684 g/mol. The molecule has 4 rings (SSSR count). The Bertz CT molecular complexity index is 1770. The van der Waals surface area contributed by atoms with E-state index in [1.54, 1.807) is 18.2 Å². The van der Waals surface area contributed by atoms with Crippen LogP contribution in [0.15, 0.2) is 73.5 Å². The molecule has 17 heteroatoms. The predicted molar refractivity (Wildman–Crippen MR) is 150 cm³/mol. The maximum absolute atomic E-state index is 12.7. The Kier molecular flexibility index (Phi) is 12.5. The summed E-state index contributed by atoms with van der Waals surface area (Å²) in [7, 11) is -6.10. The van der Waals surface area contributed by atoms with E-state index in [2.05, 4.69) is 27.7 Å². The van der Waals surface area contributed by atoms with Gasteiger partial charge in [0.2, 0.25) is 0 Å². The summed E-state index contributed by atoms with van der Waals surface area (Å²) in [6, 6.07) is 11.9. The van der Waals surface area contributed by atoms with Gasteiger partial charge in [0.1, 0.15) is 11.4 Å². The number of alkyl halides is 9. The lowest BCUT2D eigenvalue weighted by atomic mass is 10.0. The molecule has 4 aromatic rings. The molecule has 2 aromatic heterocycles. The molecular weight excluding hydrogens is 659 g/mol. The zero-order chi connectivity index (χ0) is 34.9. The SMILES string of the molecule is C=COCCCC.CC(=O)c1cc(C(F)(F)F)nc2ccccc12.O=S(=O)(Oc1cc(C(F)(F)F)nc2ccccc12)C(F)(F)F.